The maximum atomic E-state index is 13.8. The number of carbonyl (C=O) groups is 2. The van der Waals surface area contributed by atoms with Crippen LogP contribution in [0.2, 0.25) is 0 Å². The number of fused-ring (bicyclic) bond motifs is 1. The van der Waals surface area contributed by atoms with Crippen LogP contribution in [0.25, 0.3) is 16.8 Å². The fourth-order valence-corrected chi connectivity index (χ4v) is 4.87. The molecule has 3 N–H and O–H groups in total. The van der Waals surface area contributed by atoms with Crippen molar-refractivity contribution in [1.82, 2.24) is 24.2 Å². The van der Waals surface area contributed by atoms with Crippen molar-refractivity contribution in [3.8, 4) is 17.3 Å². The highest BCUT2D eigenvalue weighted by atomic mass is 32.2. The maximum absolute atomic E-state index is 13.8. The number of aromatic nitrogens is 3. The summed E-state index contributed by atoms with van der Waals surface area (Å²) >= 11 is 0. The van der Waals surface area contributed by atoms with Crippen LogP contribution in [0.3, 0.4) is 0 Å². The van der Waals surface area contributed by atoms with E-state index < -0.39 is 51.2 Å². The average Bonchev–Trinajstić information content (AvgIpc) is 3.25. The zero-order valence-corrected chi connectivity index (χ0v) is 21.8. The Morgan fingerprint density at radius 1 is 1.26 bits per heavy atom. The number of alkyl halides is 3. The number of benzene rings is 1. The molecule has 0 spiro atoms. The van der Waals surface area contributed by atoms with E-state index in [0.29, 0.717) is 0 Å². The minimum atomic E-state index is -4.76. The highest BCUT2D eigenvalue weighted by molar-refractivity contribution is 7.88. The number of amides is 2. The second-order valence-electron chi connectivity index (χ2n) is 9.34. The third-order valence-electron chi connectivity index (χ3n) is 6.37. The first kappa shape index (κ1) is 27.8. The molecule has 4 rings (SSSR count). The van der Waals surface area contributed by atoms with Crippen molar-refractivity contribution in [3.63, 3.8) is 0 Å². The quantitative estimate of drug-likeness (QED) is 0.469. The summed E-state index contributed by atoms with van der Waals surface area (Å²) in [5.41, 5.74) is 3.25. The van der Waals surface area contributed by atoms with Crippen molar-refractivity contribution in [2.24, 2.45) is 0 Å². The van der Waals surface area contributed by atoms with Crippen LogP contribution >= 0.6 is 0 Å². The monoisotopic (exact) mass is 564 g/mol. The highest BCUT2D eigenvalue weighted by Crippen LogP contribution is 2.40. The molecule has 0 saturated carbocycles. The van der Waals surface area contributed by atoms with Gasteiger partial charge >= 0.3 is 6.18 Å². The molecule has 3 heterocycles. The molecule has 12 nitrogen and oxygen atoms in total. The van der Waals surface area contributed by atoms with Crippen molar-refractivity contribution in [2.45, 2.75) is 25.6 Å². The molecule has 206 valence electrons. The van der Waals surface area contributed by atoms with Gasteiger partial charge in [0.05, 0.1) is 35.3 Å². The number of sulfonamides is 1. The zero-order valence-electron chi connectivity index (χ0n) is 20.9. The van der Waals surface area contributed by atoms with E-state index in [2.05, 4.69) is 14.8 Å². The standard InChI is InChI=1S/C23H23F3N8O4S/c1-22(2)21(36)32(6-7-33(22)18(35)11-31-39(3,37)38)16-8-13(4-5-14(16)10-27)17-9-15(23(24,25)26)19-20(28)29-12-30-34(17)19/h4-5,8-9,12,31H,6-7,11H2,1-3H3,(H2,28,29,30). The molecule has 0 bridgehead atoms. The topological polar surface area (TPSA) is 167 Å². The smallest absolute Gasteiger partial charge is 0.382 e. The average molecular weight is 565 g/mol. The van der Waals surface area contributed by atoms with Crippen LogP contribution in [0.5, 0.6) is 0 Å². The Morgan fingerprint density at radius 2 is 1.95 bits per heavy atom. The summed E-state index contributed by atoms with van der Waals surface area (Å²) in [7, 11) is -3.65. The van der Waals surface area contributed by atoms with Crippen molar-refractivity contribution < 1.29 is 31.2 Å². The number of nitrogen functional groups attached to an aromatic ring is 1. The number of nitrogens with one attached hydrogen (secondary N) is 1. The van der Waals surface area contributed by atoms with Gasteiger partial charge in [0.25, 0.3) is 5.91 Å². The first-order valence-corrected chi connectivity index (χ1v) is 13.3. The van der Waals surface area contributed by atoms with E-state index in [1.165, 1.54) is 41.8 Å². The van der Waals surface area contributed by atoms with E-state index in [4.69, 9.17) is 5.73 Å². The van der Waals surface area contributed by atoms with E-state index >= 15 is 0 Å². The number of hydrogen-bond acceptors (Lipinski definition) is 8. The Balaban J connectivity index is 1.76. The van der Waals surface area contributed by atoms with Crippen LogP contribution in [0.1, 0.15) is 25.0 Å². The van der Waals surface area contributed by atoms with E-state index in [0.717, 1.165) is 23.2 Å². The number of nitriles is 1. The van der Waals surface area contributed by atoms with Gasteiger partial charge < -0.3 is 15.5 Å². The lowest BCUT2D eigenvalue weighted by atomic mass is 9.95. The molecule has 1 saturated heterocycles. The van der Waals surface area contributed by atoms with Crippen molar-refractivity contribution >= 4 is 38.9 Å². The predicted molar refractivity (Wildman–Crippen MR) is 134 cm³/mol. The molecule has 0 atom stereocenters. The lowest BCUT2D eigenvalue weighted by molar-refractivity contribution is -0.146. The predicted octanol–water partition coefficient (Wildman–Crippen LogP) is 1.37. The summed E-state index contributed by atoms with van der Waals surface area (Å²) in [5, 5.41) is 13.7. The molecule has 1 aliphatic heterocycles. The number of rotatable bonds is 5. The first-order valence-electron chi connectivity index (χ1n) is 11.4. The number of hydrogen-bond donors (Lipinski definition) is 2. The Labute approximate surface area is 220 Å². The van der Waals surface area contributed by atoms with Crippen LogP contribution < -0.4 is 15.4 Å². The summed E-state index contributed by atoms with van der Waals surface area (Å²) in [5.74, 6) is -1.57. The summed E-state index contributed by atoms with van der Waals surface area (Å²) in [6.07, 6.45) is -2.85. The lowest BCUT2D eigenvalue weighted by Gasteiger charge is -2.46. The number of anilines is 2. The number of carbonyl (C=O) groups excluding carboxylic acids is 2. The zero-order chi connectivity index (χ0) is 28.9. The summed E-state index contributed by atoms with van der Waals surface area (Å²) in [4.78, 5) is 32.4. The van der Waals surface area contributed by atoms with Crippen LogP contribution in [0.15, 0.2) is 30.6 Å². The van der Waals surface area contributed by atoms with Crippen molar-refractivity contribution in [1.29, 1.82) is 5.26 Å². The van der Waals surface area contributed by atoms with E-state index in [1.54, 1.807) is 0 Å². The minimum absolute atomic E-state index is 0.00420. The number of piperazine rings is 1. The van der Waals surface area contributed by atoms with E-state index in [-0.39, 0.29) is 41.4 Å². The van der Waals surface area contributed by atoms with Gasteiger partial charge in [-0.1, -0.05) is 6.07 Å². The van der Waals surface area contributed by atoms with Gasteiger partial charge in [-0.2, -0.15) is 23.5 Å². The van der Waals surface area contributed by atoms with Gasteiger partial charge in [-0.3, -0.25) is 9.59 Å². The second-order valence-corrected chi connectivity index (χ2v) is 11.2. The SMILES string of the molecule is CC1(C)C(=O)N(c2cc(-c3cc(C(F)(F)F)c4c(N)ncnn34)ccc2C#N)CCN1C(=O)CNS(C)(=O)=O. The highest BCUT2D eigenvalue weighted by Gasteiger charge is 2.45. The second kappa shape index (κ2) is 9.50. The third kappa shape index (κ3) is 5.10. The molecule has 39 heavy (non-hydrogen) atoms. The maximum Gasteiger partial charge on any atom is 0.418 e. The van der Waals surface area contributed by atoms with Crippen LogP contribution in [-0.4, -0.2) is 71.2 Å². The lowest BCUT2D eigenvalue weighted by Crippen LogP contribution is -2.66. The molecule has 1 aliphatic rings. The van der Waals surface area contributed by atoms with E-state index in [1.807, 2.05) is 6.07 Å². The number of nitrogens with two attached hydrogens (primary N) is 1. The fourth-order valence-electron chi connectivity index (χ4n) is 4.48. The molecule has 3 aromatic rings. The van der Waals surface area contributed by atoms with Gasteiger partial charge in [-0.15, -0.1) is 0 Å². The number of nitrogens with zero attached hydrogens (tertiary/aromatic N) is 6. The molecular weight excluding hydrogens is 541 g/mol. The Kier molecular flexibility index (Phi) is 6.77. The third-order valence-corrected chi connectivity index (χ3v) is 7.04. The van der Waals surface area contributed by atoms with Gasteiger partial charge in [0.1, 0.15) is 23.5 Å². The minimum Gasteiger partial charge on any atom is -0.382 e. The van der Waals surface area contributed by atoms with Crippen LogP contribution in [-0.2, 0) is 25.8 Å². The summed E-state index contributed by atoms with van der Waals surface area (Å²) in [6.45, 7) is 2.37. The molecule has 1 aromatic carbocycles. The molecule has 1 fully saturated rings. The Bertz CT molecular complexity index is 1640. The molecule has 0 radical (unpaired) electrons. The molecular formula is C23H23F3N8O4S. The first-order chi connectivity index (χ1) is 18.1. The largest absolute Gasteiger partial charge is 0.418 e. The van der Waals surface area contributed by atoms with Gasteiger partial charge in [0.15, 0.2) is 5.82 Å². The van der Waals surface area contributed by atoms with E-state index in [9.17, 15) is 36.4 Å². The summed E-state index contributed by atoms with van der Waals surface area (Å²) in [6, 6.07) is 7.04. The molecule has 0 aliphatic carbocycles. The fraction of sp³-hybridized carbons (Fsp3) is 0.348. The van der Waals surface area contributed by atoms with Crippen LogP contribution in [0.4, 0.5) is 24.7 Å². The Morgan fingerprint density at radius 3 is 2.56 bits per heavy atom. The van der Waals surface area contributed by atoms with Crippen molar-refractivity contribution in [3.05, 3.63) is 41.7 Å². The molecule has 2 amide bonds. The Hall–Kier alpha value is -4.23. The van der Waals surface area contributed by atoms with Crippen molar-refractivity contribution in [2.75, 3.05) is 36.5 Å². The normalized spacial score (nSPS) is 16.0. The summed E-state index contributed by atoms with van der Waals surface area (Å²) < 4.78 is 67.2. The van der Waals surface area contributed by atoms with Gasteiger partial charge in [0.2, 0.25) is 15.9 Å². The van der Waals surface area contributed by atoms with Gasteiger partial charge in [0, 0.05) is 18.7 Å². The van der Waals surface area contributed by atoms with Gasteiger partial charge in [-0.05, 0) is 32.0 Å². The molecule has 2 aromatic heterocycles. The van der Waals surface area contributed by atoms with Gasteiger partial charge in [-0.25, -0.2) is 22.6 Å². The number of halogens is 3. The molecule has 16 heteroatoms. The van der Waals surface area contributed by atoms with Crippen LogP contribution in [0, 0.1) is 11.3 Å². The molecule has 0 unspecified atom stereocenters.